The number of aromatic nitrogens is 4. The van der Waals surface area contributed by atoms with Crippen LogP contribution in [-0.4, -0.2) is 37.5 Å². The maximum atomic E-state index is 4.62. The van der Waals surface area contributed by atoms with E-state index < -0.39 is 0 Å². The lowest BCUT2D eigenvalue weighted by Crippen LogP contribution is -2.28. The van der Waals surface area contributed by atoms with Gasteiger partial charge in [-0.2, -0.15) is 5.10 Å². The van der Waals surface area contributed by atoms with Crippen LogP contribution in [-0.2, 0) is 6.54 Å². The van der Waals surface area contributed by atoms with E-state index in [1.165, 1.54) is 54.8 Å². The van der Waals surface area contributed by atoms with Crippen molar-refractivity contribution >= 4 is 33.3 Å². The number of hydrogen-bond acceptors (Lipinski definition) is 4. The molecule has 3 aromatic heterocycles. The Hall–Kier alpha value is -2.96. The van der Waals surface area contributed by atoms with Crippen molar-refractivity contribution in [2.45, 2.75) is 25.8 Å². The van der Waals surface area contributed by atoms with Gasteiger partial charge in [-0.05, 0) is 78.9 Å². The molecule has 0 radical (unpaired) electrons. The molecule has 6 heteroatoms. The minimum absolute atomic E-state index is 0.966. The monoisotopic (exact) mass is 413 g/mol. The van der Waals surface area contributed by atoms with Gasteiger partial charge in [-0.1, -0.05) is 18.6 Å². The zero-order chi connectivity index (χ0) is 19.9. The number of nitrogens with one attached hydrogen (secondary N) is 2. The van der Waals surface area contributed by atoms with E-state index >= 15 is 0 Å². The first kappa shape index (κ1) is 17.9. The third-order valence-corrected chi connectivity index (χ3v) is 6.71. The number of hydrogen-bond donors (Lipinski definition) is 2. The summed E-state index contributed by atoms with van der Waals surface area (Å²) in [6.07, 6.45) is 5.93. The third-order valence-electron chi connectivity index (χ3n) is 6.12. The molecule has 0 amide bonds. The number of fused-ring (bicyclic) bond motifs is 2. The van der Waals surface area contributed by atoms with Crippen LogP contribution in [0.1, 0.15) is 24.8 Å². The molecule has 5 nitrogen and oxygen atoms in total. The molecule has 2 aromatic carbocycles. The quantitative estimate of drug-likeness (QED) is 0.390. The lowest BCUT2D eigenvalue weighted by molar-refractivity contribution is 0.221. The maximum absolute atomic E-state index is 4.62. The van der Waals surface area contributed by atoms with Gasteiger partial charge < -0.3 is 4.98 Å². The zero-order valence-electron chi connectivity index (χ0n) is 16.7. The number of benzene rings is 2. The Morgan fingerprint density at radius 2 is 1.87 bits per heavy atom. The Morgan fingerprint density at radius 1 is 0.933 bits per heavy atom. The highest BCUT2D eigenvalue weighted by atomic mass is 32.1. The summed E-state index contributed by atoms with van der Waals surface area (Å²) < 4.78 is 4.21. The molecule has 0 spiro atoms. The van der Waals surface area contributed by atoms with E-state index in [1.807, 2.05) is 6.20 Å². The van der Waals surface area contributed by atoms with Gasteiger partial charge in [0.15, 0.2) is 0 Å². The average molecular weight is 414 g/mol. The van der Waals surface area contributed by atoms with E-state index in [2.05, 4.69) is 72.3 Å². The first-order valence-electron chi connectivity index (χ1n) is 10.6. The summed E-state index contributed by atoms with van der Waals surface area (Å²) in [5.74, 6) is 0. The highest BCUT2D eigenvalue weighted by Crippen LogP contribution is 2.32. The lowest BCUT2D eigenvalue weighted by Gasteiger charge is -2.26. The van der Waals surface area contributed by atoms with E-state index in [9.17, 15) is 0 Å². The topological polar surface area (TPSA) is 60.6 Å². The minimum atomic E-state index is 0.966. The van der Waals surface area contributed by atoms with Crippen molar-refractivity contribution in [1.82, 2.24) is 24.5 Å². The second kappa shape index (κ2) is 7.38. The molecule has 0 atom stereocenters. The predicted octanol–water partition coefficient (Wildman–Crippen LogP) is 5.82. The third kappa shape index (κ3) is 3.22. The van der Waals surface area contributed by atoms with Crippen LogP contribution in [0.25, 0.3) is 44.3 Å². The molecular formula is C24H23N5S. The van der Waals surface area contributed by atoms with Crippen LogP contribution in [0.4, 0.5) is 0 Å². The Balaban J connectivity index is 1.33. The fraction of sp³-hybridized carbons (Fsp3) is 0.250. The summed E-state index contributed by atoms with van der Waals surface area (Å²) in [5.41, 5.74) is 7.90. The van der Waals surface area contributed by atoms with Crippen LogP contribution < -0.4 is 0 Å². The van der Waals surface area contributed by atoms with E-state index in [4.69, 9.17) is 0 Å². The smallest absolute Gasteiger partial charge is 0.116 e. The number of nitrogens with zero attached hydrogens (tertiary/aromatic N) is 3. The highest BCUT2D eigenvalue weighted by Gasteiger charge is 2.14. The molecule has 150 valence electrons. The van der Waals surface area contributed by atoms with Crippen LogP contribution >= 0.6 is 11.5 Å². The average Bonchev–Trinajstić information content (AvgIpc) is 3.52. The molecule has 5 aromatic rings. The van der Waals surface area contributed by atoms with Crippen molar-refractivity contribution in [2.24, 2.45) is 0 Å². The van der Waals surface area contributed by atoms with E-state index in [1.54, 1.807) is 0 Å². The SMILES string of the molecule is c1cc2[nH]c(-c3n[nH]c4cc(-c5cnsc5)ccc34)cc2cc1CN1CCCCC1. The second-order valence-electron chi connectivity index (χ2n) is 8.19. The van der Waals surface area contributed by atoms with Crippen molar-refractivity contribution in [3.63, 3.8) is 0 Å². The van der Waals surface area contributed by atoms with Gasteiger partial charge in [-0.25, -0.2) is 4.37 Å². The maximum Gasteiger partial charge on any atom is 0.116 e. The summed E-state index contributed by atoms with van der Waals surface area (Å²) in [5, 5.41) is 12.3. The minimum Gasteiger partial charge on any atom is -0.353 e. The van der Waals surface area contributed by atoms with Crippen molar-refractivity contribution in [2.75, 3.05) is 13.1 Å². The Labute approximate surface area is 178 Å². The molecule has 1 fully saturated rings. The van der Waals surface area contributed by atoms with Crippen molar-refractivity contribution in [3.8, 4) is 22.5 Å². The Kier molecular flexibility index (Phi) is 4.39. The van der Waals surface area contributed by atoms with Gasteiger partial charge >= 0.3 is 0 Å². The van der Waals surface area contributed by atoms with Crippen LogP contribution in [0, 0.1) is 0 Å². The van der Waals surface area contributed by atoms with Gasteiger partial charge in [-0.15, -0.1) is 0 Å². The van der Waals surface area contributed by atoms with Crippen molar-refractivity contribution in [3.05, 3.63) is 59.6 Å². The van der Waals surface area contributed by atoms with Gasteiger partial charge in [0, 0.05) is 40.0 Å². The van der Waals surface area contributed by atoms with E-state index in [0.717, 1.165) is 45.5 Å². The number of rotatable bonds is 4. The molecule has 30 heavy (non-hydrogen) atoms. The summed E-state index contributed by atoms with van der Waals surface area (Å²) in [7, 11) is 0. The molecule has 0 saturated carbocycles. The normalized spacial score (nSPS) is 15.3. The molecule has 0 unspecified atom stereocenters. The molecule has 1 aliphatic rings. The molecular weight excluding hydrogens is 390 g/mol. The lowest BCUT2D eigenvalue weighted by atomic mass is 10.1. The second-order valence-corrected chi connectivity index (χ2v) is 8.84. The summed E-state index contributed by atoms with van der Waals surface area (Å²) in [4.78, 5) is 6.13. The summed E-state index contributed by atoms with van der Waals surface area (Å²) >= 11 is 1.47. The van der Waals surface area contributed by atoms with Crippen LogP contribution in [0.2, 0.25) is 0 Å². The highest BCUT2D eigenvalue weighted by molar-refractivity contribution is 7.03. The van der Waals surface area contributed by atoms with Gasteiger partial charge in [0.2, 0.25) is 0 Å². The zero-order valence-corrected chi connectivity index (χ0v) is 17.5. The number of piperidine rings is 1. The summed E-state index contributed by atoms with van der Waals surface area (Å²) in [6, 6.07) is 15.4. The Bertz CT molecular complexity index is 1310. The predicted molar refractivity (Wildman–Crippen MR) is 124 cm³/mol. The van der Waals surface area contributed by atoms with Crippen LogP contribution in [0.15, 0.2) is 54.0 Å². The number of H-pyrrole nitrogens is 2. The molecule has 1 saturated heterocycles. The number of aromatic amines is 2. The molecule has 0 bridgehead atoms. The van der Waals surface area contributed by atoms with Crippen molar-refractivity contribution in [1.29, 1.82) is 0 Å². The molecule has 2 N–H and O–H groups in total. The number of likely N-dealkylation sites (tertiary alicyclic amines) is 1. The summed E-state index contributed by atoms with van der Waals surface area (Å²) in [6.45, 7) is 3.49. The molecule has 6 rings (SSSR count). The first-order valence-corrected chi connectivity index (χ1v) is 11.4. The molecule has 1 aliphatic heterocycles. The van der Waals surface area contributed by atoms with Crippen molar-refractivity contribution < 1.29 is 0 Å². The largest absolute Gasteiger partial charge is 0.353 e. The van der Waals surface area contributed by atoms with Gasteiger partial charge in [0.05, 0.1) is 11.2 Å². The van der Waals surface area contributed by atoms with Crippen LogP contribution in [0.3, 0.4) is 0 Å². The molecule has 0 aliphatic carbocycles. The first-order chi connectivity index (χ1) is 14.8. The van der Waals surface area contributed by atoms with Gasteiger partial charge in [0.25, 0.3) is 0 Å². The fourth-order valence-electron chi connectivity index (χ4n) is 4.54. The Morgan fingerprint density at radius 3 is 2.73 bits per heavy atom. The fourth-order valence-corrected chi connectivity index (χ4v) is 5.08. The van der Waals surface area contributed by atoms with Crippen LogP contribution in [0.5, 0.6) is 0 Å². The standard InChI is InChI=1S/C24H23N5S/c1-2-8-29(9-3-1)14-16-4-7-21-18(10-16)12-23(26-21)24-20-6-5-17(11-22(20)27-28-24)19-13-25-30-15-19/h4-7,10-13,15,26H,1-3,8-9,14H2,(H,27,28). The molecule has 4 heterocycles. The van der Waals surface area contributed by atoms with Gasteiger partial charge in [-0.3, -0.25) is 10.00 Å². The van der Waals surface area contributed by atoms with Gasteiger partial charge in [0.1, 0.15) is 5.69 Å². The van der Waals surface area contributed by atoms with E-state index in [0.29, 0.717) is 0 Å². The van der Waals surface area contributed by atoms with E-state index in [-0.39, 0.29) is 0 Å².